The fourth-order valence-electron chi connectivity index (χ4n) is 1.37. The number of aromatic amines is 1. The zero-order chi connectivity index (χ0) is 12.1. The Morgan fingerprint density at radius 3 is 3.06 bits per heavy atom. The van der Waals surface area contributed by atoms with Gasteiger partial charge >= 0.3 is 0 Å². The van der Waals surface area contributed by atoms with E-state index in [-0.39, 0.29) is 6.04 Å². The summed E-state index contributed by atoms with van der Waals surface area (Å²) in [6, 6.07) is 5.66. The summed E-state index contributed by atoms with van der Waals surface area (Å²) in [5.74, 6) is 1.24. The summed E-state index contributed by atoms with van der Waals surface area (Å²) in [7, 11) is 1.60. The van der Waals surface area contributed by atoms with E-state index in [0.29, 0.717) is 18.2 Å². The summed E-state index contributed by atoms with van der Waals surface area (Å²) in [5, 5.41) is 17.0. The lowest BCUT2D eigenvalue weighted by molar-refractivity contribution is 0.395. The van der Waals surface area contributed by atoms with Gasteiger partial charge in [-0.05, 0) is 13.0 Å². The van der Waals surface area contributed by atoms with Gasteiger partial charge in [-0.15, -0.1) is 10.2 Å². The van der Waals surface area contributed by atoms with Crippen molar-refractivity contribution in [1.82, 2.24) is 30.9 Å². The Morgan fingerprint density at radius 1 is 1.47 bits per heavy atom. The van der Waals surface area contributed by atoms with Gasteiger partial charge in [-0.3, -0.25) is 0 Å². The number of rotatable bonds is 5. The van der Waals surface area contributed by atoms with Gasteiger partial charge in [0.25, 0.3) is 0 Å². The van der Waals surface area contributed by atoms with Crippen molar-refractivity contribution < 1.29 is 4.74 Å². The molecule has 0 spiro atoms. The largest absolute Gasteiger partial charge is 0.481 e. The zero-order valence-corrected chi connectivity index (χ0v) is 9.71. The van der Waals surface area contributed by atoms with E-state index in [0.717, 1.165) is 5.69 Å². The van der Waals surface area contributed by atoms with E-state index in [4.69, 9.17) is 4.74 Å². The van der Waals surface area contributed by atoms with Crippen LogP contribution >= 0.6 is 0 Å². The minimum absolute atomic E-state index is 0.0155. The fraction of sp³-hybridized carbons (Fsp3) is 0.400. The molecule has 2 heterocycles. The van der Waals surface area contributed by atoms with Crippen LogP contribution < -0.4 is 10.1 Å². The lowest BCUT2D eigenvalue weighted by Gasteiger charge is -2.09. The molecular weight excluding hydrogens is 220 g/mol. The molecule has 0 saturated heterocycles. The second-order valence-electron chi connectivity index (χ2n) is 3.54. The molecule has 0 saturated carbocycles. The first-order valence-electron chi connectivity index (χ1n) is 5.26. The quantitative estimate of drug-likeness (QED) is 0.781. The highest BCUT2D eigenvalue weighted by molar-refractivity contribution is 5.15. The summed E-state index contributed by atoms with van der Waals surface area (Å²) in [6.07, 6.45) is 0. The van der Waals surface area contributed by atoms with Crippen LogP contribution in [-0.2, 0) is 6.54 Å². The smallest absolute Gasteiger partial charge is 0.213 e. The first-order chi connectivity index (χ1) is 8.29. The molecule has 0 fully saturated rings. The molecule has 1 atom stereocenters. The van der Waals surface area contributed by atoms with Crippen molar-refractivity contribution in [3.63, 3.8) is 0 Å². The van der Waals surface area contributed by atoms with Crippen molar-refractivity contribution in [3.05, 3.63) is 29.7 Å². The van der Waals surface area contributed by atoms with E-state index < -0.39 is 0 Å². The number of methoxy groups -OCH3 is 1. The molecule has 0 aromatic carbocycles. The van der Waals surface area contributed by atoms with Gasteiger partial charge in [-0.25, -0.2) is 4.98 Å². The Hall–Kier alpha value is -2.02. The third-order valence-electron chi connectivity index (χ3n) is 2.33. The van der Waals surface area contributed by atoms with Gasteiger partial charge in [0, 0.05) is 12.6 Å². The average Bonchev–Trinajstić information content (AvgIpc) is 2.90. The van der Waals surface area contributed by atoms with Crippen molar-refractivity contribution in [1.29, 1.82) is 0 Å². The first-order valence-corrected chi connectivity index (χ1v) is 5.26. The minimum atomic E-state index is 0.0155. The van der Waals surface area contributed by atoms with Gasteiger partial charge in [0.05, 0.1) is 18.8 Å². The van der Waals surface area contributed by atoms with Gasteiger partial charge in [0.1, 0.15) is 0 Å². The number of H-pyrrole nitrogens is 1. The predicted molar refractivity (Wildman–Crippen MR) is 60.2 cm³/mol. The second-order valence-corrected chi connectivity index (χ2v) is 3.54. The van der Waals surface area contributed by atoms with Gasteiger partial charge < -0.3 is 10.1 Å². The summed E-state index contributed by atoms with van der Waals surface area (Å²) < 4.78 is 5.06. The van der Waals surface area contributed by atoms with Crippen LogP contribution in [0.4, 0.5) is 0 Å². The Balaban J connectivity index is 1.93. The topological polar surface area (TPSA) is 88.6 Å². The van der Waals surface area contributed by atoms with E-state index in [9.17, 15) is 0 Å². The normalized spacial score (nSPS) is 12.4. The van der Waals surface area contributed by atoms with E-state index >= 15 is 0 Å². The van der Waals surface area contributed by atoms with Crippen LogP contribution in [0.3, 0.4) is 0 Å². The number of hydrogen-bond donors (Lipinski definition) is 2. The molecule has 0 amide bonds. The summed E-state index contributed by atoms with van der Waals surface area (Å²) in [6.45, 7) is 2.58. The maximum absolute atomic E-state index is 5.06. The maximum atomic E-state index is 5.06. The van der Waals surface area contributed by atoms with Gasteiger partial charge in [-0.1, -0.05) is 11.3 Å². The van der Waals surface area contributed by atoms with Crippen LogP contribution in [-0.4, -0.2) is 32.7 Å². The molecule has 0 bridgehead atoms. The molecule has 2 aromatic rings. The molecule has 7 heteroatoms. The molecule has 90 valence electrons. The molecule has 0 radical (unpaired) electrons. The highest BCUT2D eigenvalue weighted by Gasteiger charge is 2.09. The van der Waals surface area contributed by atoms with Crippen molar-refractivity contribution in [2.75, 3.05) is 7.11 Å². The first kappa shape index (κ1) is 11.5. The Labute approximate surface area is 98.6 Å². The molecule has 0 aliphatic heterocycles. The SMILES string of the molecule is COc1cccc(CNC(C)c2nn[nH]n2)n1. The fourth-order valence-corrected chi connectivity index (χ4v) is 1.37. The van der Waals surface area contributed by atoms with Crippen molar-refractivity contribution in [2.24, 2.45) is 0 Å². The van der Waals surface area contributed by atoms with Gasteiger partial charge in [0.2, 0.25) is 5.88 Å². The number of pyridine rings is 1. The van der Waals surface area contributed by atoms with E-state index in [2.05, 4.69) is 30.9 Å². The van der Waals surface area contributed by atoms with Crippen molar-refractivity contribution >= 4 is 0 Å². The third-order valence-corrected chi connectivity index (χ3v) is 2.33. The lowest BCUT2D eigenvalue weighted by Crippen LogP contribution is -2.20. The Bertz CT molecular complexity index is 458. The molecule has 2 rings (SSSR count). The van der Waals surface area contributed by atoms with E-state index in [1.165, 1.54) is 0 Å². The van der Waals surface area contributed by atoms with E-state index in [1.54, 1.807) is 7.11 Å². The molecule has 2 aromatic heterocycles. The van der Waals surface area contributed by atoms with Crippen LogP contribution in [0.25, 0.3) is 0 Å². The maximum Gasteiger partial charge on any atom is 0.213 e. The number of hydrogen-bond acceptors (Lipinski definition) is 6. The highest BCUT2D eigenvalue weighted by Crippen LogP contribution is 2.08. The summed E-state index contributed by atoms with van der Waals surface area (Å²) >= 11 is 0. The standard InChI is InChI=1S/C10H14N6O/c1-7(10-13-15-16-14-10)11-6-8-4-3-5-9(12-8)17-2/h3-5,7,11H,6H2,1-2H3,(H,13,14,15,16). The molecule has 0 aliphatic carbocycles. The molecular formula is C10H14N6O. The monoisotopic (exact) mass is 234 g/mol. The second kappa shape index (κ2) is 5.35. The number of aromatic nitrogens is 5. The van der Waals surface area contributed by atoms with Crippen molar-refractivity contribution in [3.8, 4) is 5.88 Å². The highest BCUT2D eigenvalue weighted by atomic mass is 16.5. The minimum Gasteiger partial charge on any atom is -0.481 e. The number of nitrogens with zero attached hydrogens (tertiary/aromatic N) is 4. The summed E-state index contributed by atoms with van der Waals surface area (Å²) in [4.78, 5) is 4.30. The van der Waals surface area contributed by atoms with Crippen LogP contribution in [0, 0.1) is 0 Å². The third kappa shape index (κ3) is 2.97. The van der Waals surface area contributed by atoms with Gasteiger partial charge in [-0.2, -0.15) is 5.21 Å². The average molecular weight is 234 g/mol. The van der Waals surface area contributed by atoms with E-state index in [1.807, 2.05) is 25.1 Å². The molecule has 7 nitrogen and oxygen atoms in total. The zero-order valence-electron chi connectivity index (χ0n) is 9.71. The van der Waals surface area contributed by atoms with Crippen LogP contribution in [0.1, 0.15) is 24.5 Å². The number of nitrogens with one attached hydrogen (secondary N) is 2. The number of ether oxygens (including phenoxy) is 1. The Morgan fingerprint density at radius 2 is 2.35 bits per heavy atom. The molecule has 2 N–H and O–H groups in total. The molecule has 17 heavy (non-hydrogen) atoms. The van der Waals surface area contributed by atoms with Crippen molar-refractivity contribution in [2.45, 2.75) is 19.5 Å². The Kier molecular flexibility index (Phi) is 3.61. The molecule has 0 aliphatic rings. The molecule has 1 unspecified atom stereocenters. The predicted octanol–water partition coefficient (Wildman–Crippen LogP) is 0.454. The van der Waals surface area contributed by atoms with Crippen LogP contribution in [0.15, 0.2) is 18.2 Å². The lowest BCUT2D eigenvalue weighted by atomic mass is 10.3. The number of tetrazole rings is 1. The van der Waals surface area contributed by atoms with Crippen LogP contribution in [0.2, 0.25) is 0 Å². The van der Waals surface area contributed by atoms with Gasteiger partial charge in [0.15, 0.2) is 5.82 Å². The van der Waals surface area contributed by atoms with Crippen LogP contribution in [0.5, 0.6) is 5.88 Å². The summed E-state index contributed by atoms with van der Waals surface area (Å²) in [5.41, 5.74) is 0.902.